The molecule has 2 aromatic rings. The number of benzene rings is 1. The van der Waals surface area contributed by atoms with Crippen LogP contribution >= 0.6 is 0 Å². The monoisotopic (exact) mass is 474 g/mol. The van der Waals surface area contributed by atoms with Gasteiger partial charge in [-0.3, -0.25) is 0 Å². The summed E-state index contributed by atoms with van der Waals surface area (Å²) < 4.78 is 29.6. The van der Waals surface area contributed by atoms with E-state index in [0.717, 1.165) is 44.2 Å². The fourth-order valence-corrected chi connectivity index (χ4v) is 6.04. The number of amides is 2. The van der Waals surface area contributed by atoms with Crippen LogP contribution in [0.4, 0.5) is 10.5 Å². The highest BCUT2D eigenvalue weighted by Gasteiger charge is 2.29. The molecule has 0 spiro atoms. The van der Waals surface area contributed by atoms with Crippen LogP contribution in [0.25, 0.3) is 0 Å². The molecule has 0 saturated heterocycles. The Balaban J connectivity index is 1.36. The van der Waals surface area contributed by atoms with E-state index in [4.69, 9.17) is 14.6 Å². The maximum absolute atomic E-state index is 13.3. The summed E-state index contributed by atoms with van der Waals surface area (Å²) in [5, 5.41) is 16.5. The third kappa shape index (κ3) is 4.37. The molecule has 33 heavy (non-hydrogen) atoms. The molecule has 0 saturated carbocycles. The maximum atomic E-state index is 13.3. The van der Waals surface area contributed by atoms with Crippen LogP contribution in [0.15, 0.2) is 21.5 Å². The van der Waals surface area contributed by atoms with Crippen LogP contribution in [0.1, 0.15) is 35.1 Å². The summed E-state index contributed by atoms with van der Waals surface area (Å²) in [6.07, 6.45) is 7.44. The summed E-state index contributed by atoms with van der Waals surface area (Å²) in [5.74, 6) is 0.297. The van der Waals surface area contributed by atoms with Crippen LogP contribution < -0.4 is 20.5 Å². The molecule has 1 unspecified atom stereocenters. The molecule has 2 heterocycles. The second-order valence-electron chi connectivity index (χ2n) is 8.78. The zero-order valence-electron chi connectivity index (χ0n) is 18.8. The number of urea groups is 1. The van der Waals surface area contributed by atoms with Gasteiger partial charge in [-0.15, -0.1) is 4.36 Å². The Kier molecular flexibility index (Phi) is 6.12. The number of hydrogen-bond donors (Lipinski definition) is 3. The zero-order chi connectivity index (χ0) is 23.0. The lowest BCUT2D eigenvalue weighted by Crippen LogP contribution is -2.43. The van der Waals surface area contributed by atoms with Crippen molar-refractivity contribution < 1.29 is 18.5 Å². The van der Waals surface area contributed by atoms with E-state index in [2.05, 4.69) is 26.2 Å². The smallest absolute Gasteiger partial charge is 0.354 e. The molecule has 10 nitrogen and oxygen atoms in total. The molecule has 11 heteroatoms. The third-order valence-electron chi connectivity index (χ3n) is 6.55. The van der Waals surface area contributed by atoms with E-state index < -0.39 is 15.9 Å². The van der Waals surface area contributed by atoms with Crippen molar-refractivity contribution in [3.63, 3.8) is 0 Å². The van der Waals surface area contributed by atoms with E-state index in [1.165, 1.54) is 28.5 Å². The van der Waals surface area contributed by atoms with Crippen LogP contribution in [0.3, 0.4) is 0 Å². The first-order valence-corrected chi connectivity index (χ1v) is 13.0. The topological polar surface area (TPSA) is 133 Å². The fraction of sp³-hybridized carbons (Fsp3) is 0.545. The number of hydrogen-bond acceptors (Lipinski definition) is 6. The Bertz CT molecular complexity index is 1170. The normalized spacial score (nSPS) is 20.4. The molecular formula is C22H30N6O4S. The highest BCUT2D eigenvalue weighted by Crippen LogP contribution is 2.38. The van der Waals surface area contributed by atoms with Gasteiger partial charge in [0.05, 0.1) is 25.4 Å². The van der Waals surface area contributed by atoms with Gasteiger partial charge < -0.3 is 20.1 Å². The Hall–Kier alpha value is -2.47. The van der Waals surface area contributed by atoms with E-state index in [0.29, 0.717) is 32.2 Å². The molecule has 178 valence electrons. The lowest BCUT2D eigenvalue weighted by molar-refractivity contribution is 0.158. The number of carbonyl (C=O) groups excluding carboxylic acids is 1. The molecule has 1 aromatic carbocycles. The second-order valence-corrected chi connectivity index (χ2v) is 10.5. The fourth-order valence-electron chi connectivity index (χ4n) is 5.03. The summed E-state index contributed by atoms with van der Waals surface area (Å²) in [4.78, 5) is 13.0. The first-order chi connectivity index (χ1) is 16.0. The molecule has 1 aromatic heterocycles. The Morgan fingerprint density at radius 2 is 2.03 bits per heavy atom. The van der Waals surface area contributed by atoms with E-state index >= 15 is 0 Å². The molecule has 1 aliphatic heterocycles. The van der Waals surface area contributed by atoms with Crippen LogP contribution in [0, 0.1) is 0 Å². The van der Waals surface area contributed by atoms with Crippen molar-refractivity contribution in [3.8, 4) is 5.88 Å². The van der Waals surface area contributed by atoms with Gasteiger partial charge in [-0.2, -0.15) is 5.10 Å². The SMILES string of the molecule is COCCN[C@H]1COc2c(S(N)(=O)=NC(=O)Nc3c4c(cc5c3CCC5)CCC4)cnn2C1. The number of nitrogens with two attached hydrogens (primary N) is 1. The van der Waals surface area contributed by atoms with Gasteiger partial charge in [0.25, 0.3) is 0 Å². The number of fused-ring (bicyclic) bond motifs is 3. The molecule has 2 aliphatic carbocycles. The van der Waals surface area contributed by atoms with Crippen molar-refractivity contribution in [2.75, 3.05) is 32.2 Å². The average Bonchev–Trinajstić information content (AvgIpc) is 3.52. The van der Waals surface area contributed by atoms with Crippen LogP contribution in [0.5, 0.6) is 5.88 Å². The first-order valence-electron chi connectivity index (χ1n) is 11.4. The van der Waals surface area contributed by atoms with Gasteiger partial charge in [0, 0.05) is 19.3 Å². The standard InChI is InChI=1S/C22H30N6O4S/c1-31-9-8-24-16-12-28-21(32-13-16)19(11-25-28)33(23,30)27-22(29)26-20-17-6-2-4-14(17)10-15-5-3-7-18(15)20/h10-11,16,24H,2-9,12-13H2,1H3,(H3,23,26,27,29,30)/t16-,33?/m1/s1. The minimum absolute atomic E-state index is 0.0386. The van der Waals surface area contributed by atoms with E-state index in [1.54, 1.807) is 11.8 Å². The van der Waals surface area contributed by atoms with Crippen LogP contribution in [-0.2, 0) is 46.9 Å². The Morgan fingerprint density at radius 3 is 2.73 bits per heavy atom. The summed E-state index contributed by atoms with van der Waals surface area (Å²) in [7, 11) is -1.88. The first kappa shape index (κ1) is 22.3. The van der Waals surface area contributed by atoms with Crippen molar-refractivity contribution in [3.05, 3.63) is 34.5 Å². The zero-order valence-corrected chi connectivity index (χ0v) is 19.6. The van der Waals surface area contributed by atoms with Crippen molar-refractivity contribution >= 4 is 21.6 Å². The van der Waals surface area contributed by atoms with Gasteiger partial charge in [-0.1, -0.05) is 6.07 Å². The summed E-state index contributed by atoms with van der Waals surface area (Å²) in [6, 6.07) is 1.63. The predicted molar refractivity (Wildman–Crippen MR) is 124 cm³/mol. The van der Waals surface area contributed by atoms with Gasteiger partial charge in [0.15, 0.2) is 9.92 Å². The highest BCUT2D eigenvalue weighted by molar-refractivity contribution is 7.91. The molecule has 5 rings (SSSR count). The second kappa shape index (κ2) is 9.05. The van der Waals surface area contributed by atoms with Gasteiger partial charge in [0.2, 0.25) is 5.88 Å². The Morgan fingerprint density at radius 1 is 1.30 bits per heavy atom. The molecule has 4 N–H and O–H groups in total. The van der Waals surface area contributed by atoms with Crippen molar-refractivity contribution in [1.29, 1.82) is 0 Å². The Labute approximate surface area is 193 Å². The van der Waals surface area contributed by atoms with Crippen molar-refractivity contribution in [2.24, 2.45) is 9.50 Å². The van der Waals surface area contributed by atoms with Crippen LogP contribution in [-0.4, -0.2) is 52.9 Å². The van der Waals surface area contributed by atoms with Gasteiger partial charge in [-0.05, 0) is 60.8 Å². The average molecular weight is 475 g/mol. The number of aromatic nitrogens is 2. The lowest BCUT2D eigenvalue weighted by Gasteiger charge is -2.25. The van der Waals surface area contributed by atoms with E-state index in [9.17, 15) is 9.00 Å². The van der Waals surface area contributed by atoms with E-state index in [-0.39, 0.29) is 10.9 Å². The maximum Gasteiger partial charge on any atom is 0.354 e. The summed E-state index contributed by atoms with van der Waals surface area (Å²) in [6.45, 7) is 2.17. The number of carbonyl (C=O) groups is 1. The lowest BCUT2D eigenvalue weighted by atomic mass is 9.99. The number of ether oxygens (including phenoxy) is 2. The van der Waals surface area contributed by atoms with Crippen molar-refractivity contribution in [1.82, 2.24) is 15.1 Å². The molecule has 2 atom stereocenters. The molecule has 0 fully saturated rings. The summed E-state index contributed by atoms with van der Waals surface area (Å²) >= 11 is 0. The summed E-state index contributed by atoms with van der Waals surface area (Å²) in [5.41, 5.74) is 5.81. The van der Waals surface area contributed by atoms with Gasteiger partial charge in [-0.25, -0.2) is 18.8 Å². The molecule has 3 aliphatic rings. The van der Waals surface area contributed by atoms with Crippen LogP contribution in [0.2, 0.25) is 0 Å². The minimum Gasteiger partial charge on any atom is -0.475 e. The van der Waals surface area contributed by atoms with Gasteiger partial charge in [0.1, 0.15) is 11.5 Å². The number of nitrogens with zero attached hydrogens (tertiary/aromatic N) is 3. The third-order valence-corrected chi connectivity index (χ3v) is 7.90. The number of aryl methyl sites for hydroxylation is 2. The van der Waals surface area contributed by atoms with Gasteiger partial charge >= 0.3 is 6.03 Å². The molecular weight excluding hydrogens is 444 g/mol. The van der Waals surface area contributed by atoms with E-state index in [1.807, 2.05) is 0 Å². The van der Waals surface area contributed by atoms with Crippen molar-refractivity contribution in [2.45, 2.75) is 56.0 Å². The number of anilines is 1. The minimum atomic E-state index is -3.53. The molecule has 2 amide bonds. The number of rotatable bonds is 6. The number of nitrogens with one attached hydrogen (secondary N) is 2. The molecule has 0 bridgehead atoms. The number of methoxy groups -OCH3 is 1. The predicted octanol–water partition coefficient (Wildman–Crippen LogP) is 1.79. The molecule has 0 radical (unpaired) electrons. The highest BCUT2D eigenvalue weighted by atomic mass is 32.2. The quantitative estimate of drug-likeness (QED) is 0.547. The largest absolute Gasteiger partial charge is 0.475 e.